The fourth-order valence-corrected chi connectivity index (χ4v) is 4.03. The van der Waals surface area contributed by atoms with E-state index >= 15 is 0 Å². The molecule has 6 nitrogen and oxygen atoms in total. The van der Waals surface area contributed by atoms with Gasteiger partial charge < -0.3 is 19.9 Å². The first-order valence-electron chi connectivity index (χ1n) is 10.2. The van der Waals surface area contributed by atoms with E-state index in [2.05, 4.69) is 19.9 Å². The van der Waals surface area contributed by atoms with Crippen LogP contribution in [-0.2, 0) is 6.54 Å². The van der Waals surface area contributed by atoms with Crippen LogP contribution in [0.25, 0.3) is 0 Å². The molecule has 29 heavy (non-hydrogen) atoms. The average Bonchev–Trinajstić information content (AvgIpc) is 2.73. The molecule has 1 aromatic heterocycles. The van der Waals surface area contributed by atoms with E-state index in [1.807, 2.05) is 43.3 Å². The monoisotopic (exact) mass is 393 g/mol. The van der Waals surface area contributed by atoms with Gasteiger partial charge in [0.05, 0.1) is 31.1 Å². The van der Waals surface area contributed by atoms with E-state index < -0.39 is 5.92 Å². The molecule has 0 spiro atoms. The topological polar surface area (TPSA) is 85.5 Å². The SMILES string of the molecule is CC[NH+](CC)CCCn1c(C)cc2c(c1=O)[C@@H](c1ccccc1)C(C#N)=C(N)O2. The number of nitrogens with one attached hydrogen (secondary N) is 1. The zero-order valence-corrected chi connectivity index (χ0v) is 17.4. The van der Waals surface area contributed by atoms with Crippen molar-refractivity contribution < 1.29 is 9.64 Å². The van der Waals surface area contributed by atoms with E-state index in [0.717, 1.165) is 37.3 Å². The van der Waals surface area contributed by atoms with Crippen molar-refractivity contribution in [2.75, 3.05) is 19.6 Å². The number of nitriles is 1. The number of benzene rings is 1. The molecular formula is C23H29N4O2+. The number of allylic oxidation sites excluding steroid dienone is 1. The van der Waals surface area contributed by atoms with Gasteiger partial charge in [0.25, 0.3) is 5.56 Å². The van der Waals surface area contributed by atoms with Crippen LogP contribution in [-0.4, -0.2) is 24.2 Å². The molecule has 0 aliphatic carbocycles. The number of hydrogen-bond acceptors (Lipinski definition) is 4. The van der Waals surface area contributed by atoms with E-state index in [1.54, 1.807) is 4.57 Å². The van der Waals surface area contributed by atoms with Gasteiger partial charge in [-0.25, -0.2) is 0 Å². The maximum Gasteiger partial charge on any atom is 0.258 e. The zero-order valence-electron chi connectivity index (χ0n) is 17.4. The highest BCUT2D eigenvalue weighted by Crippen LogP contribution is 2.40. The van der Waals surface area contributed by atoms with Gasteiger partial charge in [-0.3, -0.25) is 4.79 Å². The van der Waals surface area contributed by atoms with Crippen molar-refractivity contribution in [1.29, 1.82) is 5.26 Å². The van der Waals surface area contributed by atoms with Gasteiger partial charge in [0.1, 0.15) is 17.4 Å². The Bertz CT molecular complexity index is 998. The number of aromatic nitrogens is 1. The third kappa shape index (κ3) is 4.06. The largest absolute Gasteiger partial charge is 0.440 e. The van der Waals surface area contributed by atoms with Crippen molar-refractivity contribution in [3.8, 4) is 11.8 Å². The van der Waals surface area contributed by atoms with Crippen LogP contribution in [0.2, 0.25) is 0 Å². The van der Waals surface area contributed by atoms with Crippen LogP contribution < -0.4 is 20.9 Å². The summed E-state index contributed by atoms with van der Waals surface area (Å²) in [4.78, 5) is 15.0. The summed E-state index contributed by atoms with van der Waals surface area (Å²) in [5.74, 6) is -0.00304. The lowest BCUT2D eigenvalue weighted by Crippen LogP contribution is -3.11. The number of hydrogen-bond donors (Lipinski definition) is 2. The van der Waals surface area contributed by atoms with Crippen LogP contribution in [0.15, 0.2) is 52.6 Å². The molecule has 0 saturated carbocycles. The van der Waals surface area contributed by atoms with Gasteiger partial charge in [-0.2, -0.15) is 5.26 Å². The maximum absolute atomic E-state index is 13.5. The van der Waals surface area contributed by atoms with Crippen molar-refractivity contribution in [3.05, 3.63) is 75.0 Å². The van der Waals surface area contributed by atoms with Crippen molar-refractivity contribution in [2.24, 2.45) is 5.73 Å². The van der Waals surface area contributed by atoms with Crippen LogP contribution in [0.3, 0.4) is 0 Å². The fourth-order valence-electron chi connectivity index (χ4n) is 4.03. The average molecular weight is 394 g/mol. The maximum atomic E-state index is 13.5. The summed E-state index contributed by atoms with van der Waals surface area (Å²) in [7, 11) is 0. The van der Waals surface area contributed by atoms with Crippen LogP contribution in [0, 0.1) is 18.3 Å². The third-order valence-electron chi connectivity index (χ3n) is 5.73. The Balaban J connectivity index is 2.05. The van der Waals surface area contributed by atoms with Gasteiger partial charge in [0, 0.05) is 24.7 Å². The van der Waals surface area contributed by atoms with Crippen molar-refractivity contribution in [1.82, 2.24) is 4.57 Å². The molecule has 1 aliphatic heterocycles. The molecule has 0 bridgehead atoms. The molecule has 1 atom stereocenters. The number of aryl methyl sites for hydroxylation is 1. The number of nitrogens with zero attached hydrogens (tertiary/aromatic N) is 2. The first kappa shape index (κ1) is 20.7. The minimum absolute atomic E-state index is 0.0653. The minimum Gasteiger partial charge on any atom is -0.440 e. The highest BCUT2D eigenvalue weighted by Gasteiger charge is 2.34. The van der Waals surface area contributed by atoms with E-state index in [1.165, 1.54) is 4.90 Å². The number of fused-ring (bicyclic) bond motifs is 1. The van der Waals surface area contributed by atoms with Gasteiger partial charge in [0.2, 0.25) is 5.88 Å². The molecule has 0 fully saturated rings. The van der Waals surface area contributed by atoms with Gasteiger partial charge >= 0.3 is 0 Å². The summed E-state index contributed by atoms with van der Waals surface area (Å²) >= 11 is 0. The Morgan fingerprint density at radius 2 is 1.93 bits per heavy atom. The highest BCUT2D eigenvalue weighted by atomic mass is 16.5. The fraction of sp³-hybridized carbons (Fsp3) is 0.391. The van der Waals surface area contributed by atoms with Crippen LogP contribution in [0.1, 0.15) is 43.0 Å². The summed E-state index contributed by atoms with van der Waals surface area (Å²) in [5.41, 5.74) is 8.39. The molecule has 0 amide bonds. The molecule has 0 radical (unpaired) electrons. The van der Waals surface area contributed by atoms with E-state index in [0.29, 0.717) is 17.9 Å². The predicted molar refractivity (Wildman–Crippen MR) is 113 cm³/mol. The molecule has 1 aliphatic rings. The molecule has 152 valence electrons. The molecule has 2 aromatic rings. The number of quaternary nitrogens is 1. The Hall–Kier alpha value is -3.04. The Kier molecular flexibility index (Phi) is 6.40. The smallest absolute Gasteiger partial charge is 0.258 e. The lowest BCUT2D eigenvalue weighted by atomic mass is 9.84. The molecule has 1 aromatic carbocycles. The summed E-state index contributed by atoms with van der Waals surface area (Å²) in [6.45, 7) is 10.1. The molecule has 6 heteroatoms. The first-order valence-corrected chi connectivity index (χ1v) is 10.2. The lowest BCUT2D eigenvalue weighted by Gasteiger charge is -2.27. The standard InChI is InChI=1S/C23H28N4O2/c1-4-26(5-2)12-9-13-27-16(3)14-19-21(23(27)28)20(17-10-7-6-8-11-17)18(15-24)22(25)29-19/h6-8,10-11,14,20H,4-5,9,12-13,25H2,1-3H3/p+1/t20-/m0/s1. The number of pyridine rings is 1. The zero-order chi connectivity index (χ0) is 21.0. The van der Waals surface area contributed by atoms with E-state index in [9.17, 15) is 10.1 Å². The van der Waals surface area contributed by atoms with E-state index in [4.69, 9.17) is 10.5 Å². The molecule has 3 N–H and O–H groups in total. The van der Waals surface area contributed by atoms with Gasteiger partial charge in [-0.05, 0) is 26.3 Å². The van der Waals surface area contributed by atoms with Gasteiger partial charge in [0.15, 0.2) is 0 Å². The first-order chi connectivity index (χ1) is 14.0. The minimum atomic E-state index is -0.516. The second-order valence-electron chi connectivity index (χ2n) is 7.42. The summed E-state index contributed by atoms with van der Waals surface area (Å²) < 4.78 is 7.50. The molecule has 3 rings (SSSR count). The highest BCUT2D eigenvalue weighted by molar-refractivity contribution is 5.55. The van der Waals surface area contributed by atoms with Crippen molar-refractivity contribution in [3.63, 3.8) is 0 Å². The lowest BCUT2D eigenvalue weighted by molar-refractivity contribution is -0.896. The van der Waals surface area contributed by atoms with Crippen molar-refractivity contribution in [2.45, 2.75) is 39.7 Å². The predicted octanol–water partition coefficient (Wildman–Crippen LogP) is 1.69. The number of nitrogens with two attached hydrogens (primary N) is 1. The Morgan fingerprint density at radius 3 is 2.55 bits per heavy atom. The quantitative estimate of drug-likeness (QED) is 0.750. The van der Waals surface area contributed by atoms with Crippen LogP contribution in [0.5, 0.6) is 5.75 Å². The third-order valence-corrected chi connectivity index (χ3v) is 5.73. The van der Waals surface area contributed by atoms with Gasteiger partial charge in [-0.15, -0.1) is 0 Å². The Morgan fingerprint density at radius 1 is 1.24 bits per heavy atom. The Labute approximate surface area is 171 Å². The normalized spacial score (nSPS) is 15.8. The molecular weight excluding hydrogens is 364 g/mol. The molecule has 0 unspecified atom stereocenters. The van der Waals surface area contributed by atoms with Gasteiger partial charge in [-0.1, -0.05) is 30.3 Å². The molecule has 0 saturated heterocycles. The second kappa shape index (κ2) is 8.97. The number of rotatable bonds is 7. The molecule has 2 heterocycles. The summed E-state index contributed by atoms with van der Waals surface area (Å²) in [5, 5.41) is 9.71. The van der Waals surface area contributed by atoms with Crippen molar-refractivity contribution >= 4 is 0 Å². The summed E-state index contributed by atoms with van der Waals surface area (Å²) in [6.07, 6.45) is 0.913. The van der Waals surface area contributed by atoms with Crippen LogP contribution in [0.4, 0.5) is 0 Å². The van der Waals surface area contributed by atoms with E-state index in [-0.39, 0.29) is 17.0 Å². The second-order valence-corrected chi connectivity index (χ2v) is 7.42. The summed E-state index contributed by atoms with van der Waals surface area (Å²) in [6, 6.07) is 13.5. The van der Waals surface area contributed by atoms with Crippen LogP contribution >= 0.6 is 0 Å². The number of ether oxygens (including phenoxy) is 1.